The van der Waals surface area contributed by atoms with Crippen LogP contribution in [0.4, 0.5) is 5.69 Å². The molecule has 2 heterocycles. The third-order valence-electron chi connectivity index (χ3n) is 5.04. The number of nitrogens with one attached hydrogen (secondary N) is 1. The lowest BCUT2D eigenvalue weighted by Gasteiger charge is -2.13. The van der Waals surface area contributed by atoms with Gasteiger partial charge in [-0.3, -0.25) is 14.4 Å². The molecule has 0 unspecified atom stereocenters. The summed E-state index contributed by atoms with van der Waals surface area (Å²) < 4.78 is 1.53. The monoisotopic (exact) mass is 445 g/mol. The molecule has 0 saturated carbocycles. The van der Waals surface area contributed by atoms with Gasteiger partial charge in [0.1, 0.15) is 12.2 Å². The highest BCUT2D eigenvalue weighted by molar-refractivity contribution is 6.30. The van der Waals surface area contributed by atoms with Gasteiger partial charge in [-0.2, -0.15) is 0 Å². The quantitative estimate of drug-likeness (QED) is 0.457. The fourth-order valence-electron chi connectivity index (χ4n) is 3.42. The van der Waals surface area contributed by atoms with Crippen LogP contribution >= 0.6 is 11.6 Å². The minimum absolute atomic E-state index is 0.0115. The number of pyridine rings is 2. The zero-order chi connectivity index (χ0) is 22.8. The third kappa shape index (κ3) is 4.45. The Morgan fingerprint density at radius 3 is 2.50 bits per heavy atom. The van der Waals surface area contributed by atoms with Gasteiger partial charge in [0.25, 0.3) is 0 Å². The molecule has 1 amide bonds. The van der Waals surface area contributed by atoms with E-state index >= 15 is 0 Å². The van der Waals surface area contributed by atoms with Crippen molar-refractivity contribution < 1.29 is 9.59 Å². The summed E-state index contributed by atoms with van der Waals surface area (Å²) in [6, 6.07) is 17.2. The number of rotatable bonds is 5. The molecule has 32 heavy (non-hydrogen) atoms. The molecule has 0 aliphatic rings. The number of aromatic nitrogens is 2. The fourth-order valence-corrected chi connectivity index (χ4v) is 3.61. The molecule has 4 aromatic rings. The van der Waals surface area contributed by atoms with Crippen LogP contribution in [0.15, 0.2) is 71.7 Å². The molecule has 0 fully saturated rings. The Balaban J connectivity index is 1.76. The average molecular weight is 446 g/mol. The number of halogens is 1. The van der Waals surface area contributed by atoms with Crippen molar-refractivity contribution in [1.82, 2.24) is 9.55 Å². The maximum absolute atomic E-state index is 13.1. The zero-order valence-electron chi connectivity index (χ0n) is 17.6. The van der Waals surface area contributed by atoms with Gasteiger partial charge in [-0.15, -0.1) is 0 Å². The summed E-state index contributed by atoms with van der Waals surface area (Å²) >= 11 is 5.99. The number of hydrogen-bond donors (Lipinski definition) is 1. The summed E-state index contributed by atoms with van der Waals surface area (Å²) in [4.78, 5) is 43.4. The number of ketones is 1. The van der Waals surface area contributed by atoms with Crippen LogP contribution in [-0.4, -0.2) is 21.2 Å². The number of aryl methyl sites for hydroxylation is 2. The highest BCUT2D eigenvalue weighted by Gasteiger charge is 2.19. The predicted octanol–water partition coefficient (Wildman–Crippen LogP) is 4.54. The van der Waals surface area contributed by atoms with Crippen molar-refractivity contribution in [2.75, 3.05) is 5.32 Å². The van der Waals surface area contributed by atoms with Crippen molar-refractivity contribution in [2.45, 2.75) is 20.4 Å². The summed E-state index contributed by atoms with van der Waals surface area (Å²) in [6.45, 7) is 3.59. The van der Waals surface area contributed by atoms with E-state index in [1.165, 1.54) is 10.8 Å². The lowest BCUT2D eigenvalue weighted by molar-refractivity contribution is -0.116. The Labute approximate surface area is 189 Å². The molecule has 0 bridgehead atoms. The van der Waals surface area contributed by atoms with E-state index in [1.807, 2.05) is 19.1 Å². The standard InChI is InChI=1S/C25H20ClN3O3/c1-15-6-9-17(10-7-15)23(31)21-13-29(25-20(24(21)32)11-8-16(2)27-25)14-22(30)28-19-5-3-4-18(26)12-19/h3-13H,14H2,1-2H3,(H,28,30). The van der Waals surface area contributed by atoms with E-state index in [1.54, 1.807) is 55.5 Å². The Kier molecular flexibility index (Phi) is 5.88. The minimum atomic E-state index is -0.412. The Bertz CT molecular complexity index is 1410. The second-order valence-electron chi connectivity index (χ2n) is 7.58. The van der Waals surface area contributed by atoms with Gasteiger partial charge < -0.3 is 9.88 Å². The summed E-state index contributed by atoms with van der Waals surface area (Å²) in [5.74, 6) is -0.740. The normalized spacial score (nSPS) is 10.8. The highest BCUT2D eigenvalue weighted by atomic mass is 35.5. The number of carbonyl (C=O) groups excluding carboxylic acids is 2. The van der Waals surface area contributed by atoms with Crippen molar-refractivity contribution >= 4 is 40.0 Å². The van der Waals surface area contributed by atoms with Gasteiger partial charge in [0, 0.05) is 28.2 Å². The first-order valence-electron chi connectivity index (χ1n) is 9.99. The maximum Gasteiger partial charge on any atom is 0.244 e. The lowest BCUT2D eigenvalue weighted by Crippen LogP contribution is -2.25. The van der Waals surface area contributed by atoms with Gasteiger partial charge in [0.2, 0.25) is 11.3 Å². The smallest absolute Gasteiger partial charge is 0.244 e. The van der Waals surface area contributed by atoms with E-state index in [2.05, 4.69) is 10.3 Å². The molecule has 4 rings (SSSR count). The molecule has 0 aliphatic heterocycles. The van der Waals surface area contributed by atoms with E-state index < -0.39 is 11.2 Å². The Morgan fingerprint density at radius 1 is 1.03 bits per heavy atom. The van der Waals surface area contributed by atoms with Crippen LogP contribution in [0.2, 0.25) is 5.02 Å². The van der Waals surface area contributed by atoms with Crippen LogP contribution in [0.3, 0.4) is 0 Å². The number of fused-ring (bicyclic) bond motifs is 1. The summed E-state index contributed by atoms with van der Waals surface area (Å²) in [5, 5.41) is 3.56. The van der Waals surface area contributed by atoms with Crippen molar-refractivity contribution in [3.05, 3.63) is 104 Å². The van der Waals surface area contributed by atoms with E-state index in [0.29, 0.717) is 27.6 Å². The molecule has 0 saturated heterocycles. The number of anilines is 1. The summed E-state index contributed by atoms with van der Waals surface area (Å²) in [6.07, 6.45) is 1.41. The van der Waals surface area contributed by atoms with Gasteiger partial charge >= 0.3 is 0 Å². The Hall–Kier alpha value is -3.77. The molecule has 2 aromatic heterocycles. The van der Waals surface area contributed by atoms with Crippen molar-refractivity contribution in [3.63, 3.8) is 0 Å². The van der Waals surface area contributed by atoms with Gasteiger partial charge in [-0.1, -0.05) is 47.5 Å². The predicted molar refractivity (Wildman–Crippen MR) is 125 cm³/mol. The lowest BCUT2D eigenvalue weighted by atomic mass is 10.0. The molecular weight excluding hydrogens is 426 g/mol. The van der Waals surface area contributed by atoms with Gasteiger partial charge in [0.05, 0.1) is 10.9 Å². The largest absolute Gasteiger partial charge is 0.324 e. The molecular formula is C25H20ClN3O3. The van der Waals surface area contributed by atoms with E-state index in [0.717, 1.165) is 5.56 Å². The van der Waals surface area contributed by atoms with Gasteiger partial charge in [-0.05, 0) is 44.2 Å². The first-order valence-corrected chi connectivity index (χ1v) is 10.4. The SMILES string of the molecule is Cc1ccc(C(=O)c2cn(CC(=O)Nc3cccc(Cl)c3)c3nc(C)ccc3c2=O)cc1. The van der Waals surface area contributed by atoms with Crippen LogP contribution < -0.4 is 10.7 Å². The highest BCUT2D eigenvalue weighted by Crippen LogP contribution is 2.17. The Morgan fingerprint density at radius 2 is 1.78 bits per heavy atom. The summed E-state index contributed by atoms with van der Waals surface area (Å²) in [5.41, 5.74) is 2.58. The van der Waals surface area contributed by atoms with Crippen LogP contribution in [-0.2, 0) is 11.3 Å². The van der Waals surface area contributed by atoms with Crippen LogP contribution in [0, 0.1) is 13.8 Å². The molecule has 0 radical (unpaired) electrons. The van der Waals surface area contributed by atoms with E-state index in [4.69, 9.17) is 11.6 Å². The average Bonchev–Trinajstić information content (AvgIpc) is 2.75. The second kappa shape index (κ2) is 8.77. The molecule has 0 spiro atoms. The third-order valence-corrected chi connectivity index (χ3v) is 5.28. The minimum Gasteiger partial charge on any atom is -0.324 e. The second-order valence-corrected chi connectivity index (χ2v) is 8.01. The fraction of sp³-hybridized carbons (Fsp3) is 0.120. The molecule has 1 N–H and O–H groups in total. The first-order chi connectivity index (χ1) is 15.3. The molecule has 0 aliphatic carbocycles. The van der Waals surface area contributed by atoms with Crippen molar-refractivity contribution in [1.29, 1.82) is 0 Å². The number of nitrogens with zero attached hydrogens (tertiary/aromatic N) is 2. The number of amides is 1. The topological polar surface area (TPSA) is 81.1 Å². The van der Waals surface area contributed by atoms with Gasteiger partial charge in [0.15, 0.2) is 5.78 Å². The molecule has 0 atom stereocenters. The van der Waals surface area contributed by atoms with E-state index in [9.17, 15) is 14.4 Å². The van der Waals surface area contributed by atoms with Crippen LogP contribution in [0.1, 0.15) is 27.2 Å². The first kappa shape index (κ1) is 21.5. The molecule has 2 aromatic carbocycles. The maximum atomic E-state index is 13.1. The van der Waals surface area contributed by atoms with Gasteiger partial charge in [-0.25, -0.2) is 4.98 Å². The van der Waals surface area contributed by atoms with Crippen LogP contribution in [0.5, 0.6) is 0 Å². The summed E-state index contributed by atoms with van der Waals surface area (Å²) in [7, 11) is 0. The molecule has 7 heteroatoms. The number of benzene rings is 2. The van der Waals surface area contributed by atoms with Crippen molar-refractivity contribution in [3.8, 4) is 0 Å². The van der Waals surface area contributed by atoms with E-state index in [-0.39, 0.29) is 23.4 Å². The number of hydrogen-bond acceptors (Lipinski definition) is 4. The zero-order valence-corrected chi connectivity index (χ0v) is 18.3. The molecule has 6 nitrogen and oxygen atoms in total. The molecule has 160 valence electrons. The van der Waals surface area contributed by atoms with Crippen LogP contribution in [0.25, 0.3) is 11.0 Å². The number of carbonyl (C=O) groups is 2. The van der Waals surface area contributed by atoms with Crippen molar-refractivity contribution in [2.24, 2.45) is 0 Å².